The Morgan fingerprint density at radius 1 is 1.21 bits per heavy atom. The quantitative estimate of drug-likeness (QED) is 0.616. The summed E-state index contributed by atoms with van der Waals surface area (Å²) < 4.78 is 16.1. The van der Waals surface area contributed by atoms with E-state index in [1.165, 1.54) is 0 Å². The van der Waals surface area contributed by atoms with Crippen LogP contribution in [0.25, 0.3) is 11.4 Å². The lowest BCUT2D eigenvalue weighted by Gasteiger charge is -2.16. The molecule has 0 aliphatic rings. The summed E-state index contributed by atoms with van der Waals surface area (Å²) in [6, 6.07) is 14.2. The van der Waals surface area contributed by atoms with E-state index in [-0.39, 0.29) is 12.5 Å². The molecule has 1 atom stereocenters. The molecule has 0 saturated carbocycles. The van der Waals surface area contributed by atoms with Crippen molar-refractivity contribution in [2.24, 2.45) is 0 Å². The van der Waals surface area contributed by atoms with Crippen LogP contribution in [0.3, 0.4) is 0 Å². The predicted octanol–water partition coefficient (Wildman–Crippen LogP) is 3.87. The molecule has 3 aromatic rings. The molecule has 1 N–H and O–H groups in total. The maximum atomic E-state index is 12.4. The van der Waals surface area contributed by atoms with Gasteiger partial charge in [0.1, 0.15) is 11.5 Å². The molecule has 0 fully saturated rings. The van der Waals surface area contributed by atoms with Crippen LogP contribution in [0.4, 0.5) is 0 Å². The number of benzene rings is 2. The van der Waals surface area contributed by atoms with E-state index in [0.29, 0.717) is 34.7 Å². The normalized spacial score (nSPS) is 11.7. The Hall–Kier alpha value is -3.06. The minimum Gasteiger partial charge on any atom is -0.497 e. The standard InChI is InChI=1S/C20H20ClN3O4/c1-3-17(27-16-9-5-7-14(21)11-16)20(25)22-12-18-23-19(24-28-18)13-6-4-8-15(10-13)26-2/h4-11,17H,3,12H2,1-2H3,(H,22,25). The Kier molecular flexibility index (Phi) is 6.49. The van der Waals surface area contributed by atoms with Gasteiger partial charge >= 0.3 is 0 Å². The van der Waals surface area contributed by atoms with E-state index >= 15 is 0 Å². The summed E-state index contributed by atoms with van der Waals surface area (Å²) in [7, 11) is 1.59. The SMILES string of the molecule is CCC(Oc1cccc(Cl)c1)C(=O)NCc1nc(-c2cccc(OC)c2)no1. The zero-order valence-electron chi connectivity index (χ0n) is 15.5. The van der Waals surface area contributed by atoms with Crippen molar-refractivity contribution in [3.63, 3.8) is 0 Å². The number of carbonyl (C=O) groups is 1. The molecule has 0 spiro atoms. The lowest BCUT2D eigenvalue weighted by atomic mass is 10.2. The van der Waals surface area contributed by atoms with Crippen LogP contribution >= 0.6 is 11.6 Å². The van der Waals surface area contributed by atoms with Gasteiger partial charge in [0, 0.05) is 10.6 Å². The number of hydrogen-bond donors (Lipinski definition) is 1. The Balaban J connectivity index is 1.60. The molecule has 8 heteroatoms. The number of nitrogens with zero attached hydrogens (tertiary/aromatic N) is 2. The van der Waals surface area contributed by atoms with Gasteiger partial charge in [-0.2, -0.15) is 4.98 Å². The number of methoxy groups -OCH3 is 1. The number of ether oxygens (including phenoxy) is 2. The number of nitrogens with one attached hydrogen (secondary N) is 1. The summed E-state index contributed by atoms with van der Waals surface area (Å²) in [5.74, 6) is 1.67. The van der Waals surface area contributed by atoms with Gasteiger partial charge in [-0.1, -0.05) is 41.9 Å². The van der Waals surface area contributed by atoms with Gasteiger partial charge in [-0.3, -0.25) is 4.79 Å². The molecule has 1 unspecified atom stereocenters. The molecular weight excluding hydrogens is 382 g/mol. The van der Waals surface area contributed by atoms with E-state index in [2.05, 4.69) is 15.5 Å². The summed E-state index contributed by atoms with van der Waals surface area (Å²) in [5.41, 5.74) is 0.761. The van der Waals surface area contributed by atoms with E-state index in [1.807, 2.05) is 25.1 Å². The average molecular weight is 402 g/mol. The van der Waals surface area contributed by atoms with Crippen molar-refractivity contribution in [2.45, 2.75) is 26.0 Å². The number of rotatable bonds is 8. The van der Waals surface area contributed by atoms with Crippen LogP contribution in [-0.2, 0) is 11.3 Å². The second-order valence-corrected chi connectivity index (χ2v) is 6.37. The number of amides is 1. The van der Waals surface area contributed by atoms with Crippen LogP contribution in [0.2, 0.25) is 5.02 Å². The highest BCUT2D eigenvalue weighted by Gasteiger charge is 2.19. The van der Waals surface area contributed by atoms with Crippen molar-refractivity contribution in [2.75, 3.05) is 7.11 Å². The second kappa shape index (κ2) is 9.23. The Bertz CT molecular complexity index is 944. The fraction of sp³-hybridized carbons (Fsp3) is 0.250. The molecule has 1 aromatic heterocycles. The van der Waals surface area contributed by atoms with Crippen molar-refractivity contribution in [1.29, 1.82) is 0 Å². The van der Waals surface area contributed by atoms with Gasteiger partial charge in [-0.15, -0.1) is 0 Å². The van der Waals surface area contributed by atoms with Gasteiger partial charge in [0.25, 0.3) is 5.91 Å². The fourth-order valence-corrected chi connectivity index (χ4v) is 2.69. The van der Waals surface area contributed by atoms with Crippen molar-refractivity contribution >= 4 is 17.5 Å². The summed E-state index contributed by atoms with van der Waals surface area (Å²) in [6.07, 6.45) is -0.156. The summed E-state index contributed by atoms with van der Waals surface area (Å²) in [4.78, 5) is 16.7. The largest absolute Gasteiger partial charge is 0.497 e. The van der Waals surface area contributed by atoms with E-state index < -0.39 is 6.10 Å². The molecule has 2 aromatic carbocycles. The summed E-state index contributed by atoms with van der Waals surface area (Å²) in [5, 5.41) is 7.24. The van der Waals surface area contributed by atoms with Gasteiger partial charge in [-0.25, -0.2) is 0 Å². The minimum atomic E-state index is -0.653. The molecule has 1 heterocycles. The van der Waals surface area contributed by atoms with Crippen molar-refractivity contribution in [3.8, 4) is 22.9 Å². The first kappa shape index (κ1) is 19.7. The maximum absolute atomic E-state index is 12.4. The van der Waals surface area contributed by atoms with Gasteiger partial charge in [0.05, 0.1) is 13.7 Å². The monoisotopic (exact) mass is 401 g/mol. The van der Waals surface area contributed by atoms with Gasteiger partial charge in [-0.05, 0) is 36.8 Å². The molecule has 0 saturated heterocycles. The highest BCUT2D eigenvalue weighted by atomic mass is 35.5. The Morgan fingerprint density at radius 3 is 2.75 bits per heavy atom. The summed E-state index contributed by atoms with van der Waals surface area (Å²) >= 11 is 5.95. The van der Waals surface area contributed by atoms with Crippen LogP contribution in [0.1, 0.15) is 19.2 Å². The molecule has 1 amide bonds. The predicted molar refractivity (Wildman–Crippen MR) is 104 cm³/mol. The first-order valence-corrected chi connectivity index (χ1v) is 9.13. The van der Waals surface area contributed by atoms with Crippen LogP contribution < -0.4 is 14.8 Å². The van der Waals surface area contributed by atoms with Crippen molar-refractivity contribution < 1.29 is 18.8 Å². The number of hydrogen-bond acceptors (Lipinski definition) is 6. The number of halogens is 1. The topological polar surface area (TPSA) is 86.5 Å². The Labute approximate surface area is 167 Å². The van der Waals surface area contributed by atoms with Crippen molar-refractivity contribution in [1.82, 2.24) is 15.5 Å². The second-order valence-electron chi connectivity index (χ2n) is 5.93. The first-order chi connectivity index (χ1) is 13.6. The van der Waals surface area contributed by atoms with E-state index in [4.69, 9.17) is 25.6 Å². The van der Waals surface area contributed by atoms with Crippen LogP contribution in [0, 0.1) is 0 Å². The lowest BCUT2D eigenvalue weighted by molar-refractivity contribution is -0.128. The molecule has 0 radical (unpaired) electrons. The molecule has 0 aliphatic heterocycles. The van der Waals surface area contributed by atoms with Gasteiger partial charge in [0.15, 0.2) is 6.10 Å². The third-order valence-electron chi connectivity index (χ3n) is 3.95. The van der Waals surface area contributed by atoms with Crippen LogP contribution in [0.5, 0.6) is 11.5 Å². The van der Waals surface area contributed by atoms with Crippen molar-refractivity contribution in [3.05, 3.63) is 59.4 Å². The fourth-order valence-electron chi connectivity index (χ4n) is 2.51. The molecular formula is C20H20ClN3O4. The minimum absolute atomic E-state index is 0.102. The molecule has 3 rings (SSSR count). The highest BCUT2D eigenvalue weighted by molar-refractivity contribution is 6.30. The number of carbonyl (C=O) groups excluding carboxylic acids is 1. The molecule has 0 bridgehead atoms. The highest BCUT2D eigenvalue weighted by Crippen LogP contribution is 2.21. The smallest absolute Gasteiger partial charge is 0.261 e. The third kappa shape index (κ3) is 5.01. The zero-order chi connectivity index (χ0) is 19.9. The van der Waals surface area contributed by atoms with Gasteiger partial charge in [0.2, 0.25) is 11.7 Å². The van der Waals surface area contributed by atoms with Crippen LogP contribution in [0.15, 0.2) is 53.1 Å². The van der Waals surface area contributed by atoms with E-state index in [1.54, 1.807) is 37.4 Å². The number of aromatic nitrogens is 2. The summed E-state index contributed by atoms with van der Waals surface area (Å²) in [6.45, 7) is 1.97. The molecule has 146 valence electrons. The lowest BCUT2D eigenvalue weighted by Crippen LogP contribution is -2.37. The van der Waals surface area contributed by atoms with Gasteiger partial charge < -0.3 is 19.3 Å². The first-order valence-electron chi connectivity index (χ1n) is 8.76. The zero-order valence-corrected chi connectivity index (χ0v) is 16.3. The molecule has 7 nitrogen and oxygen atoms in total. The Morgan fingerprint density at radius 2 is 2.00 bits per heavy atom. The maximum Gasteiger partial charge on any atom is 0.261 e. The van der Waals surface area contributed by atoms with E-state index in [0.717, 1.165) is 5.56 Å². The average Bonchev–Trinajstić information content (AvgIpc) is 3.19. The van der Waals surface area contributed by atoms with E-state index in [9.17, 15) is 4.79 Å². The molecule has 28 heavy (non-hydrogen) atoms. The van der Waals surface area contributed by atoms with Crippen LogP contribution in [-0.4, -0.2) is 29.3 Å². The third-order valence-corrected chi connectivity index (χ3v) is 4.18. The molecule has 0 aliphatic carbocycles.